The van der Waals surface area contributed by atoms with Crippen LogP contribution in [-0.2, 0) is 28.7 Å². The van der Waals surface area contributed by atoms with E-state index in [1.165, 1.54) is 13.8 Å². The van der Waals surface area contributed by atoms with E-state index in [1.807, 2.05) is 13.8 Å². The van der Waals surface area contributed by atoms with E-state index in [0.717, 1.165) is 10.0 Å². The molecule has 6 rings (SSSR count). The molecule has 10 nitrogen and oxygen atoms in total. The van der Waals surface area contributed by atoms with Gasteiger partial charge in [-0.1, -0.05) is 27.7 Å². The van der Waals surface area contributed by atoms with Gasteiger partial charge in [-0.25, -0.2) is 0 Å². The number of ether oxygens (including phenoxy) is 2. The first-order valence-electron chi connectivity index (χ1n) is 12.8. The van der Waals surface area contributed by atoms with Gasteiger partial charge in [0.2, 0.25) is 11.4 Å². The molecule has 0 aromatic carbocycles. The Morgan fingerprint density at radius 3 is 1.36 bits per heavy atom. The third kappa shape index (κ3) is 2.58. The van der Waals surface area contributed by atoms with Gasteiger partial charge in [0.05, 0.1) is 11.8 Å². The minimum absolute atomic E-state index is 0.0504. The van der Waals surface area contributed by atoms with Crippen molar-refractivity contribution >= 4 is 35.2 Å². The Morgan fingerprint density at radius 1 is 0.722 bits per heavy atom. The number of hydrazone groups is 2. The number of fused-ring (bicyclic) bond motifs is 6. The summed E-state index contributed by atoms with van der Waals surface area (Å²) in [6, 6.07) is 0. The van der Waals surface area contributed by atoms with E-state index < -0.39 is 35.2 Å². The highest BCUT2D eigenvalue weighted by atomic mass is 16.6. The van der Waals surface area contributed by atoms with Crippen LogP contribution in [0.4, 0.5) is 0 Å². The first-order chi connectivity index (χ1) is 16.6. The fraction of sp³-hybridized carbons (Fsp3) is 0.769. The first kappa shape index (κ1) is 23.6. The van der Waals surface area contributed by atoms with Crippen LogP contribution in [0.25, 0.3) is 0 Å². The molecule has 2 aliphatic heterocycles. The molecule has 0 spiro atoms. The van der Waals surface area contributed by atoms with Gasteiger partial charge in [0.1, 0.15) is 0 Å². The molecule has 0 aromatic heterocycles. The first-order valence-corrected chi connectivity index (χ1v) is 12.8. The molecular formula is C26H34N4O6. The number of carbonyl (C=O) groups excluding carboxylic acids is 4. The number of rotatable bonds is 2. The van der Waals surface area contributed by atoms with Gasteiger partial charge in [-0.2, -0.15) is 20.2 Å². The van der Waals surface area contributed by atoms with Crippen molar-refractivity contribution in [2.24, 2.45) is 56.5 Å². The zero-order valence-corrected chi connectivity index (χ0v) is 22.1. The van der Waals surface area contributed by atoms with E-state index >= 15 is 0 Å². The van der Waals surface area contributed by atoms with Crippen LogP contribution in [0, 0.1) is 46.3 Å². The van der Waals surface area contributed by atoms with Crippen molar-refractivity contribution in [2.75, 3.05) is 0 Å². The Balaban J connectivity index is 1.35. The van der Waals surface area contributed by atoms with Gasteiger partial charge in [0, 0.05) is 38.1 Å². The van der Waals surface area contributed by atoms with Crippen LogP contribution >= 0.6 is 0 Å². The van der Waals surface area contributed by atoms with Gasteiger partial charge in [0.25, 0.3) is 0 Å². The van der Waals surface area contributed by atoms with Crippen molar-refractivity contribution in [1.82, 2.24) is 10.0 Å². The highest BCUT2D eigenvalue weighted by Crippen LogP contribution is 2.75. The van der Waals surface area contributed by atoms with Crippen molar-refractivity contribution in [3.8, 4) is 0 Å². The second kappa shape index (κ2) is 6.55. The predicted octanol–water partition coefficient (Wildman–Crippen LogP) is 2.53. The molecule has 10 heteroatoms. The molecule has 8 atom stereocenters. The summed E-state index contributed by atoms with van der Waals surface area (Å²) in [6.45, 7) is 14.9. The summed E-state index contributed by atoms with van der Waals surface area (Å²) in [6.07, 6.45) is 0.847. The quantitative estimate of drug-likeness (QED) is 0.426. The highest BCUT2D eigenvalue weighted by Gasteiger charge is 2.80. The van der Waals surface area contributed by atoms with E-state index in [1.54, 1.807) is 0 Å². The van der Waals surface area contributed by atoms with Gasteiger partial charge in [-0.3, -0.25) is 19.2 Å². The molecule has 2 heterocycles. The van der Waals surface area contributed by atoms with E-state index in [4.69, 9.17) is 9.47 Å². The summed E-state index contributed by atoms with van der Waals surface area (Å²) in [7, 11) is 0. The second-order valence-corrected chi connectivity index (χ2v) is 12.9. The fourth-order valence-electron chi connectivity index (χ4n) is 8.75. The average molecular weight is 499 g/mol. The van der Waals surface area contributed by atoms with Crippen LogP contribution < -0.4 is 0 Å². The van der Waals surface area contributed by atoms with Crippen molar-refractivity contribution in [3.63, 3.8) is 0 Å². The smallest absolute Gasteiger partial charge is 0.337 e. The largest absolute Gasteiger partial charge is 0.436 e. The fourth-order valence-corrected chi connectivity index (χ4v) is 8.75. The van der Waals surface area contributed by atoms with Crippen LogP contribution in [-0.4, -0.2) is 56.6 Å². The molecule has 0 radical (unpaired) electrons. The average Bonchev–Trinajstić information content (AvgIpc) is 3.19. The molecule has 0 unspecified atom stereocenters. The molecule has 0 N–H and O–H groups in total. The SMILES string of the molecule is CC(=O)O[C@]12C[C@@H]3[C@@H]([C@H]1C(C)=NN2C(=O)C(=O)N1N=C(C)[C@H]2[C@H]4[C@@H](C[C@@]21OC(C)=O)C4(C)C)C3(C)C. The minimum atomic E-state index is -1.32. The standard InChI is InChI=1S/C26H34N4O6/c1-11-17-19-15(23(19,5)6)9-25(17,35-13(3)31)29(27-11)21(33)22(34)30-26(36-14(4)32)10-16-20(24(16,7)8)18(26)12(2)28-30/h15-20H,9-10H2,1-8H3/t15-,16-,17-,18+,19+,20-,25-,26-/m1/s1. The molecule has 4 saturated carbocycles. The lowest BCUT2D eigenvalue weighted by Crippen LogP contribution is -2.60. The molecule has 4 fully saturated rings. The molecule has 0 saturated heterocycles. The topological polar surface area (TPSA) is 118 Å². The highest BCUT2D eigenvalue weighted by molar-refractivity contribution is 6.35. The number of nitrogens with zero attached hydrogens (tertiary/aromatic N) is 4. The lowest BCUT2D eigenvalue weighted by atomic mass is 9.83. The summed E-state index contributed by atoms with van der Waals surface area (Å²) in [5, 5.41) is 11.1. The van der Waals surface area contributed by atoms with Gasteiger partial charge >= 0.3 is 23.8 Å². The van der Waals surface area contributed by atoms with Crippen molar-refractivity contribution in [2.45, 2.75) is 79.7 Å². The maximum atomic E-state index is 13.9. The number of esters is 2. The van der Waals surface area contributed by atoms with Gasteiger partial charge in [-0.05, 0) is 48.3 Å². The lowest BCUT2D eigenvalue weighted by molar-refractivity contribution is -0.205. The summed E-state index contributed by atoms with van der Waals surface area (Å²) in [4.78, 5) is 52.1. The van der Waals surface area contributed by atoms with E-state index in [-0.39, 0.29) is 46.3 Å². The Hall–Kier alpha value is -2.78. The zero-order valence-electron chi connectivity index (χ0n) is 22.1. The maximum absolute atomic E-state index is 13.9. The molecule has 0 bridgehead atoms. The molecule has 2 amide bonds. The number of amides is 2. The van der Waals surface area contributed by atoms with Gasteiger partial charge in [-0.15, -0.1) is 0 Å². The monoisotopic (exact) mass is 498 g/mol. The van der Waals surface area contributed by atoms with E-state index in [2.05, 4.69) is 37.9 Å². The molecule has 4 aliphatic carbocycles. The normalized spacial score (nSPS) is 43.6. The summed E-state index contributed by atoms with van der Waals surface area (Å²) >= 11 is 0. The van der Waals surface area contributed by atoms with Crippen molar-refractivity contribution in [1.29, 1.82) is 0 Å². The van der Waals surface area contributed by atoms with Crippen molar-refractivity contribution < 1.29 is 28.7 Å². The number of hydrogen-bond donors (Lipinski definition) is 0. The Bertz CT molecular complexity index is 1110. The Morgan fingerprint density at radius 2 is 1.06 bits per heavy atom. The zero-order chi connectivity index (χ0) is 26.3. The van der Waals surface area contributed by atoms with E-state index in [9.17, 15) is 19.2 Å². The van der Waals surface area contributed by atoms with Crippen LogP contribution in [0.5, 0.6) is 0 Å². The summed E-state index contributed by atoms with van der Waals surface area (Å²) < 4.78 is 11.7. The Kier molecular flexibility index (Phi) is 4.30. The lowest BCUT2D eigenvalue weighted by Gasteiger charge is -2.41. The minimum Gasteiger partial charge on any atom is -0.436 e. The maximum Gasteiger partial charge on any atom is 0.337 e. The molecule has 36 heavy (non-hydrogen) atoms. The van der Waals surface area contributed by atoms with Crippen LogP contribution in [0.3, 0.4) is 0 Å². The van der Waals surface area contributed by atoms with Gasteiger partial charge in [0.15, 0.2) is 0 Å². The summed E-state index contributed by atoms with van der Waals surface area (Å²) in [5.41, 5.74) is -1.19. The molecular weight excluding hydrogens is 464 g/mol. The Labute approximate surface area is 210 Å². The van der Waals surface area contributed by atoms with Crippen LogP contribution in [0.2, 0.25) is 0 Å². The van der Waals surface area contributed by atoms with Crippen molar-refractivity contribution in [3.05, 3.63) is 0 Å². The van der Waals surface area contributed by atoms with E-state index in [0.29, 0.717) is 24.3 Å². The summed E-state index contributed by atoms with van der Waals surface area (Å²) in [5.74, 6) is -2.52. The third-order valence-electron chi connectivity index (χ3n) is 10.3. The molecule has 194 valence electrons. The number of hydrogen-bond acceptors (Lipinski definition) is 8. The molecule has 0 aromatic rings. The second-order valence-electron chi connectivity index (χ2n) is 12.9. The van der Waals surface area contributed by atoms with Crippen LogP contribution in [0.1, 0.15) is 68.2 Å². The van der Waals surface area contributed by atoms with Crippen LogP contribution in [0.15, 0.2) is 10.2 Å². The van der Waals surface area contributed by atoms with Gasteiger partial charge < -0.3 is 9.47 Å². The third-order valence-corrected chi connectivity index (χ3v) is 10.3. The predicted molar refractivity (Wildman–Crippen MR) is 127 cm³/mol. The molecule has 6 aliphatic rings. The number of carbonyl (C=O) groups is 4.